The van der Waals surface area contributed by atoms with Gasteiger partial charge in [0.25, 0.3) is 0 Å². The van der Waals surface area contributed by atoms with Crippen molar-refractivity contribution in [3.05, 3.63) is 29.8 Å². The highest BCUT2D eigenvalue weighted by molar-refractivity contribution is 5.25. The molecule has 5 heteroatoms. The molecule has 1 fully saturated rings. The molecule has 0 amide bonds. The molecule has 1 aromatic carbocycles. The molecule has 1 aromatic rings. The van der Waals surface area contributed by atoms with Crippen LogP contribution in [-0.2, 0) is 0 Å². The number of rotatable bonds is 6. The van der Waals surface area contributed by atoms with E-state index < -0.39 is 17.2 Å². The summed E-state index contributed by atoms with van der Waals surface area (Å²) in [5.74, 6) is -1.72. The maximum absolute atomic E-state index is 13.4. The van der Waals surface area contributed by atoms with Gasteiger partial charge in [0, 0.05) is 0 Å². The van der Waals surface area contributed by atoms with E-state index in [1.165, 1.54) is 12.1 Å². The van der Waals surface area contributed by atoms with E-state index in [0.29, 0.717) is 5.92 Å². The normalized spacial score (nSPS) is 18.4. The summed E-state index contributed by atoms with van der Waals surface area (Å²) in [6.07, 6.45) is 2.02. The Labute approximate surface area is 105 Å². The van der Waals surface area contributed by atoms with Gasteiger partial charge in [0.15, 0.2) is 11.6 Å². The molecule has 1 aliphatic carbocycles. The SMILES string of the molecule is CNC(CO)(COc1cccc(F)c1F)C1CC1. The van der Waals surface area contributed by atoms with Crippen LogP contribution >= 0.6 is 0 Å². The highest BCUT2D eigenvalue weighted by atomic mass is 19.2. The first-order valence-corrected chi connectivity index (χ1v) is 5.99. The standard InChI is InChI=1S/C13H17F2NO2/c1-16-13(7-17,9-5-6-9)8-18-11-4-2-3-10(14)12(11)15/h2-4,9,16-17H,5-8H2,1H3. The predicted molar refractivity (Wildman–Crippen MR) is 63.5 cm³/mol. The second kappa shape index (κ2) is 5.20. The van der Waals surface area contributed by atoms with Gasteiger partial charge >= 0.3 is 0 Å². The number of aliphatic hydroxyl groups is 1. The summed E-state index contributed by atoms with van der Waals surface area (Å²) in [4.78, 5) is 0. The summed E-state index contributed by atoms with van der Waals surface area (Å²) < 4.78 is 31.8. The van der Waals surface area contributed by atoms with Crippen LogP contribution in [0.1, 0.15) is 12.8 Å². The number of benzene rings is 1. The molecule has 0 aromatic heterocycles. The molecular weight excluding hydrogens is 240 g/mol. The molecule has 0 bridgehead atoms. The minimum absolute atomic E-state index is 0.0922. The van der Waals surface area contributed by atoms with E-state index in [1.807, 2.05) is 0 Å². The third-order valence-corrected chi connectivity index (χ3v) is 3.54. The van der Waals surface area contributed by atoms with Crippen molar-refractivity contribution in [2.24, 2.45) is 5.92 Å². The van der Waals surface area contributed by atoms with Gasteiger partial charge in [-0.15, -0.1) is 0 Å². The molecule has 0 radical (unpaired) electrons. The number of hydrogen-bond acceptors (Lipinski definition) is 3. The number of likely N-dealkylation sites (N-methyl/N-ethyl adjacent to an activating group) is 1. The topological polar surface area (TPSA) is 41.5 Å². The summed E-state index contributed by atoms with van der Waals surface area (Å²) in [7, 11) is 1.74. The first-order chi connectivity index (χ1) is 8.63. The molecule has 0 saturated heterocycles. The fourth-order valence-electron chi connectivity index (χ4n) is 2.09. The number of nitrogens with one attached hydrogen (secondary N) is 1. The van der Waals surface area contributed by atoms with Gasteiger partial charge in [-0.1, -0.05) is 6.07 Å². The number of ether oxygens (including phenoxy) is 1. The van der Waals surface area contributed by atoms with Crippen LogP contribution in [0.4, 0.5) is 8.78 Å². The van der Waals surface area contributed by atoms with Gasteiger partial charge < -0.3 is 15.2 Å². The van der Waals surface area contributed by atoms with Crippen LogP contribution in [0.25, 0.3) is 0 Å². The molecule has 1 aliphatic rings. The Morgan fingerprint density at radius 2 is 2.17 bits per heavy atom. The Bertz CT molecular complexity index is 417. The Balaban J connectivity index is 2.07. The lowest BCUT2D eigenvalue weighted by Gasteiger charge is -2.31. The molecular formula is C13H17F2NO2. The van der Waals surface area contributed by atoms with Crippen molar-refractivity contribution in [3.63, 3.8) is 0 Å². The van der Waals surface area contributed by atoms with E-state index >= 15 is 0 Å². The molecule has 3 nitrogen and oxygen atoms in total. The molecule has 0 spiro atoms. The average Bonchev–Trinajstić information content (AvgIpc) is 3.21. The van der Waals surface area contributed by atoms with Crippen LogP contribution in [0.15, 0.2) is 18.2 Å². The minimum Gasteiger partial charge on any atom is -0.488 e. The lowest BCUT2D eigenvalue weighted by Crippen LogP contribution is -2.53. The fourth-order valence-corrected chi connectivity index (χ4v) is 2.09. The number of halogens is 2. The lowest BCUT2D eigenvalue weighted by molar-refractivity contribution is 0.0891. The van der Waals surface area contributed by atoms with E-state index in [0.717, 1.165) is 18.9 Å². The Kier molecular flexibility index (Phi) is 3.82. The largest absolute Gasteiger partial charge is 0.488 e. The highest BCUT2D eigenvalue weighted by Gasteiger charge is 2.44. The zero-order valence-electron chi connectivity index (χ0n) is 10.2. The van der Waals surface area contributed by atoms with Crippen molar-refractivity contribution in [2.75, 3.05) is 20.3 Å². The van der Waals surface area contributed by atoms with Crippen LogP contribution in [0.2, 0.25) is 0 Å². The van der Waals surface area contributed by atoms with E-state index in [2.05, 4.69) is 5.32 Å². The van der Waals surface area contributed by atoms with Gasteiger partial charge in [0.05, 0.1) is 12.1 Å². The first kappa shape index (κ1) is 13.2. The van der Waals surface area contributed by atoms with Crippen molar-refractivity contribution < 1.29 is 18.6 Å². The second-order valence-electron chi connectivity index (χ2n) is 4.68. The summed E-state index contributed by atoms with van der Waals surface area (Å²) >= 11 is 0. The first-order valence-electron chi connectivity index (χ1n) is 5.99. The molecule has 18 heavy (non-hydrogen) atoms. The van der Waals surface area contributed by atoms with Crippen LogP contribution in [0, 0.1) is 17.6 Å². The molecule has 1 saturated carbocycles. The van der Waals surface area contributed by atoms with E-state index in [9.17, 15) is 13.9 Å². The summed E-state index contributed by atoms with van der Waals surface area (Å²) in [5.41, 5.74) is -0.571. The van der Waals surface area contributed by atoms with Crippen LogP contribution in [0.3, 0.4) is 0 Å². The third kappa shape index (κ3) is 2.47. The van der Waals surface area contributed by atoms with Gasteiger partial charge in [-0.05, 0) is 37.9 Å². The van der Waals surface area contributed by atoms with E-state index in [4.69, 9.17) is 4.74 Å². The van der Waals surface area contributed by atoms with Crippen molar-refractivity contribution in [2.45, 2.75) is 18.4 Å². The van der Waals surface area contributed by atoms with Crippen LogP contribution < -0.4 is 10.1 Å². The molecule has 1 atom stereocenters. The summed E-state index contributed by atoms with van der Waals surface area (Å²) in [6.45, 7) is 0.0239. The molecule has 2 N–H and O–H groups in total. The van der Waals surface area contributed by atoms with Gasteiger partial charge in [-0.2, -0.15) is 4.39 Å². The molecule has 2 rings (SSSR count). The van der Waals surface area contributed by atoms with Crippen molar-refractivity contribution in [1.82, 2.24) is 5.32 Å². The zero-order valence-corrected chi connectivity index (χ0v) is 10.2. The summed E-state index contributed by atoms with van der Waals surface area (Å²) in [6, 6.07) is 3.81. The Hall–Kier alpha value is -1.20. The van der Waals surface area contributed by atoms with Gasteiger partial charge in [-0.3, -0.25) is 0 Å². The molecule has 0 heterocycles. The van der Waals surface area contributed by atoms with E-state index in [1.54, 1.807) is 7.05 Å². The molecule has 1 unspecified atom stereocenters. The minimum atomic E-state index is -0.990. The van der Waals surface area contributed by atoms with Gasteiger partial charge in [0.2, 0.25) is 5.82 Å². The van der Waals surface area contributed by atoms with Crippen LogP contribution in [0.5, 0.6) is 5.75 Å². The fraction of sp³-hybridized carbons (Fsp3) is 0.538. The van der Waals surface area contributed by atoms with Crippen molar-refractivity contribution in [1.29, 1.82) is 0 Å². The van der Waals surface area contributed by atoms with Crippen molar-refractivity contribution in [3.8, 4) is 5.75 Å². The lowest BCUT2D eigenvalue weighted by atomic mass is 9.95. The Morgan fingerprint density at radius 3 is 2.72 bits per heavy atom. The maximum Gasteiger partial charge on any atom is 0.200 e. The number of hydrogen-bond donors (Lipinski definition) is 2. The van der Waals surface area contributed by atoms with Gasteiger partial charge in [0.1, 0.15) is 6.61 Å². The van der Waals surface area contributed by atoms with Crippen molar-refractivity contribution >= 4 is 0 Å². The smallest absolute Gasteiger partial charge is 0.200 e. The molecule has 0 aliphatic heterocycles. The predicted octanol–water partition coefficient (Wildman–Crippen LogP) is 1.70. The zero-order chi connectivity index (χ0) is 13.2. The molecule has 100 valence electrons. The van der Waals surface area contributed by atoms with Crippen LogP contribution in [-0.4, -0.2) is 30.9 Å². The van der Waals surface area contributed by atoms with Gasteiger partial charge in [-0.25, -0.2) is 4.39 Å². The van der Waals surface area contributed by atoms with E-state index in [-0.39, 0.29) is 19.0 Å². The average molecular weight is 257 g/mol. The quantitative estimate of drug-likeness (QED) is 0.815. The highest BCUT2D eigenvalue weighted by Crippen LogP contribution is 2.39. The Morgan fingerprint density at radius 1 is 1.44 bits per heavy atom. The monoisotopic (exact) mass is 257 g/mol. The second-order valence-corrected chi connectivity index (χ2v) is 4.68. The maximum atomic E-state index is 13.4. The number of aliphatic hydroxyl groups excluding tert-OH is 1. The third-order valence-electron chi connectivity index (χ3n) is 3.54. The summed E-state index contributed by atoms with van der Waals surface area (Å²) in [5, 5.41) is 12.5.